The fraction of sp³-hybridized carbons (Fsp3) is 0.533. The molecule has 1 aromatic carbocycles. The average Bonchev–Trinajstić information content (AvgIpc) is 2.47. The summed E-state index contributed by atoms with van der Waals surface area (Å²) >= 11 is 0. The maximum atomic E-state index is 9.32. The van der Waals surface area contributed by atoms with Gasteiger partial charge in [0, 0.05) is 26.2 Å². The fourth-order valence-electron chi connectivity index (χ4n) is 2.04. The van der Waals surface area contributed by atoms with Crippen LogP contribution >= 0.6 is 0 Å². The third-order valence-corrected chi connectivity index (χ3v) is 3.39. The minimum atomic E-state index is 0.367. The lowest BCUT2D eigenvalue weighted by Gasteiger charge is -2.31. The standard InChI is InChI=1S/C15H23N3O/c1-4-12(2)18(7-8-19-3)15-6-5-13(10-16)9-14(15)11-17/h5-6,9,12H,4,7-8,10,16H2,1-3H3. The summed E-state index contributed by atoms with van der Waals surface area (Å²) in [5, 5.41) is 9.32. The van der Waals surface area contributed by atoms with Gasteiger partial charge >= 0.3 is 0 Å². The molecule has 1 aromatic rings. The highest BCUT2D eigenvalue weighted by molar-refractivity contribution is 5.61. The summed E-state index contributed by atoms with van der Waals surface area (Å²) in [4.78, 5) is 2.22. The molecule has 0 aliphatic heterocycles. The molecule has 0 saturated carbocycles. The number of nitrogens with two attached hydrogens (primary N) is 1. The minimum Gasteiger partial charge on any atom is -0.383 e. The number of ether oxygens (including phenoxy) is 1. The Morgan fingerprint density at radius 2 is 2.21 bits per heavy atom. The van der Waals surface area contributed by atoms with E-state index in [9.17, 15) is 5.26 Å². The lowest BCUT2D eigenvalue weighted by Crippen LogP contribution is -2.36. The van der Waals surface area contributed by atoms with Crippen LogP contribution in [-0.4, -0.2) is 26.3 Å². The molecule has 1 unspecified atom stereocenters. The third kappa shape index (κ3) is 3.95. The first-order valence-corrected chi connectivity index (χ1v) is 6.66. The molecule has 0 saturated heterocycles. The van der Waals surface area contributed by atoms with Gasteiger partial charge in [0.15, 0.2) is 0 Å². The van der Waals surface area contributed by atoms with E-state index in [1.807, 2.05) is 18.2 Å². The van der Waals surface area contributed by atoms with Crippen molar-refractivity contribution in [3.05, 3.63) is 29.3 Å². The quantitative estimate of drug-likeness (QED) is 0.818. The molecule has 0 aliphatic carbocycles. The molecule has 19 heavy (non-hydrogen) atoms. The minimum absolute atomic E-state index is 0.367. The SMILES string of the molecule is CCC(C)N(CCOC)c1ccc(CN)cc1C#N. The van der Waals surface area contributed by atoms with E-state index < -0.39 is 0 Å². The van der Waals surface area contributed by atoms with Gasteiger partial charge in [-0.2, -0.15) is 5.26 Å². The van der Waals surface area contributed by atoms with Crippen LogP contribution < -0.4 is 10.6 Å². The van der Waals surface area contributed by atoms with Gasteiger partial charge in [-0.15, -0.1) is 0 Å². The largest absolute Gasteiger partial charge is 0.383 e. The Balaban J connectivity index is 3.10. The Labute approximate surface area is 115 Å². The van der Waals surface area contributed by atoms with Crippen molar-refractivity contribution in [1.29, 1.82) is 5.26 Å². The Morgan fingerprint density at radius 1 is 1.47 bits per heavy atom. The first-order chi connectivity index (χ1) is 9.17. The molecule has 1 rings (SSSR count). The van der Waals surface area contributed by atoms with E-state index in [2.05, 4.69) is 24.8 Å². The van der Waals surface area contributed by atoms with E-state index in [0.717, 1.165) is 24.2 Å². The molecule has 4 nitrogen and oxygen atoms in total. The van der Waals surface area contributed by atoms with Crippen molar-refractivity contribution in [2.45, 2.75) is 32.9 Å². The lowest BCUT2D eigenvalue weighted by molar-refractivity contribution is 0.203. The number of hydrogen-bond acceptors (Lipinski definition) is 4. The molecule has 0 amide bonds. The third-order valence-electron chi connectivity index (χ3n) is 3.39. The predicted molar refractivity (Wildman–Crippen MR) is 78.0 cm³/mol. The summed E-state index contributed by atoms with van der Waals surface area (Å²) in [6, 6.07) is 8.48. The second kappa shape index (κ2) is 7.78. The summed E-state index contributed by atoms with van der Waals surface area (Å²) in [5.41, 5.74) is 8.25. The van der Waals surface area contributed by atoms with Crippen LogP contribution in [-0.2, 0) is 11.3 Å². The van der Waals surface area contributed by atoms with Crippen LogP contribution in [0.5, 0.6) is 0 Å². The smallest absolute Gasteiger partial charge is 0.101 e. The van der Waals surface area contributed by atoms with Gasteiger partial charge in [-0.25, -0.2) is 0 Å². The van der Waals surface area contributed by atoms with Crippen LogP contribution in [0.4, 0.5) is 5.69 Å². The molecule has 0 radical (unpaired) electrons. The van der Waals surface area contributed by atoms with E-state index in [1.54, 1.807) is 7.11 Å². The van der Waals surface area contributed by atoms with E-state index in [-0.39, 0.29) is 0 Å². The Kier molecular flexibility index (Phi) is 6.34. The van der Waals surface area contributed by atoms with Crippen LogP contribution in [0.1, 0.15) is 31.4 Å². The molecule has 104 valence electrons. The highest BCUT2D eigenvalue weighted by Gasteiger charge is 2.16. The maximum Gasteiger partial charge on any atom is 0.101 e. The summed E-state index contributed by atoms with van der Waals surface area (Å²) < 4.78 is 5.16. The van der Waals surface area contributed by atoms with Crippen molar-refractivity contribution in [2.75, 3.05) is 25.2 Å². The van der Waals surface area contributed by atoms with Crippen molar-refractivity contribution in [2.24, 2.45) is 5.73 Å². The van der Waals surface area contributed by atoms with Gasteiger partial charge in [-0.05, 0) is 31.0 Å². The first-order valence-electron chi connectivity index (χ1n) is 6.66. The van der Waals surface area contributed by atoms with E-state index in [1.165, 1.54) is 0 Å². The molecule has 0 bridgehead atoms. The predicted octanol–water partition coefficient (Wildman–Crippen LogP) is 2.27. The van der Waals surface area contributed by atoms with E-state index >= 15 is 0 Å². The number of hydrogen-bond donors (Lipinski definition) is 1. The molecular formula is C15H23N3O. The van der Waals surface area contributed by atoms with Gasteiger partial charge in [-0.1, -0.05) is 13.0 Å². The van der Waals surface area contributed by atoms with Crippen LogP contribution in [0, 0.1) is 11.3 Å². The molecular weight excluding hydrogens is 238 g/mol. The highest BCUT2D eigenvalue weighted by atomic mass is 16.5. The Bertz CT molecular complexity index is 440. The molecule has 0 aliphatic rings. The first kappa shape index (κ1) is 15.5. The number of nitrogens with zero attached hydrogens (tertiary/aromatic N) is 2. The van der Waals surface area contributed by atoms with Crippen molar-refractivity contribution in [3.63, 3.8) is 0 Å². The van der Waals surface area contributed by atoms with Gasteiger partial charge in [0.2, 0.25) is 0 Å². The van der Waals surface area contributed by atoms with Gasteiger partial charge in [0.25, 0.3) is 0 Å². The average molecular weight is 261 g/mol. The van der Waals surface area contributed by atoms with Crippen LogP contribution in [0.25, 0.3) is 0 Å². The Hall–Kier alpha value is -1.57. The van der Waals surface area contributed by atoms with Gasteiger partial charge in [0.05, 0.1) is 17.9 Å². The topological polar surface area (TPSA) is 62.3 Å². The summed E-state index contributed by atoms with van der Waals surface area (Å²) in [5.74, 6) is 0. The zero-order valence-corrected chi connectivity index (χ0v) is 12.0. The number of benzene rings is 1. The molecule has 4 heteroatoms. The van der Waals surface area contributed by atoms with Gasteiger partial charge in [0.1, 0.15) is 6.07 Å². The molecule has 1 atom stereocenters. The highest BCUT2D eigenvalue weighted by Crippen LogP contribution is 2.24. The molecule has 2 N–H and O–H groups in total. The van der Waals surface area contributed by atoms with E-state index in [0.29, 0.717) is 24.8 Å². The number of nitriles is 1. The number of rotatable bonds is 7. The summed E-state index contributed by atoms with van der Waals surface area (Å²) in [7, 11) is 1.69. The monoisotopic (exact) mass is 261 g/mol. The molecule has 0 aromatic heterocycles. The van der Waals surface area contributed by atoms with Crippen molar-refractivity contribution >= 4 is 5.69 Å². The molecule has 0 heterocycles. The van der Waals surface area contributed by atoms with E-state index in [4.69, 9.17) is 10.5 Å². The normalized spacial score (nSPS) is 11.9. The van der Waals surface area contributed by atoms with Crippen molar-refractivity contribution < 1.29 is 4.74 Å². The lowest BCUT2D eigenvalue weighted by atomic mass is 10.1. The van der Waals surface area contributed by atoms with Gasteiger partial charge < -0.3 is 15.4 Å². The van der Waals surface area contributed by atoms with Crippen LogP contribution in [0.2, 0.25) is 0 Å². The Morgan fingerprint density at radius 3 is 2.74 bits per heavy atom. The van der Waals surface area contributed by atoms with Crippen LogP contribution in [0.15, 0.2) is 18.2 Å². The molecule has 0 fully saturated rings. The number of methoxy groups -OCH3 is 1. The summed E-state index contributed by atoms with van der Waals surface area (Å²) in [6.07, 6.45) is 1.02. The maximum absolute atomic E-state index is 9.32. The summed E-state index contributed by atoms with van der Waals surface area (Å²) in [6.45, 7) is 6.19. The van der Waals surface area contributed by atoms with Crippen molar-refractivity contribution in [1.82, 2.24) is 0 Å². The zero-order chi connectivity index (χ0) is 14.3. The zero-order valence-electron chi connectivity index (χ0n) is 12.0. The fourth-order valence-corrected chi connectivity index (χ4v) is 2.04. The second-order valence-electron chi connectivity index (χ2n) is 4.61. The molecule has 0 spiro atoms. The van der Waals surface area contributed by atoms with Gasteiger partial charge in [-0.3, -0.25) is 0 Å². The van der Waals surface area contributed by atoms with Crippen molar-refractivity contribution in [3.8, 4) is 6.07 Å². The van der Waals surface area contributed by atoms with Crippen LogP contribution in [0.3, 0.4) is 0 Å². The number of anilines is 1. The second-order valence-corrected chi connectivity index (χ2v) is 4.61.